The third-order valence-electron chi connectivity index (χ3n) is 6.64. The van der Waals surface area contributed by atoms with E-state index in [4.69, 9.17) is 10.5 Å². The number of esters is 1. The van der Waals surface area contributed by atoms with E-state index in [1.54, 1.807) is 11.8 Å². The minimum Gasteiger partial charge on any atom is -0.468 e. The first-order valence-electron chi connectivity index (χ1n) is 13.7. The normalized spacial score (nSPS) is 14.8. The Morgan fingerprint density at radius 2 is 1.38 bits per heavy atom. The number of allylic oxidation sites excluding steroid dienone is 1. The number of amides is 2. The van der Waals surface area contributed by atoms with Gasteiger partial charge in [0.25, 0.3) is 0 Å². The zero-order chi connectivity index (χ0) is 28.1. The highest BCUT2D eigenvalue weighted by Crippen LogP contribution is 2.22. The van der Waals surface area contributed by atoms with Crippen LogP contribution in [0, 0.1) is 17.8 Å². The first kappa shape index (κ1) is 35.3. The summed E-state index contributed by atoms with van der Waals surface area (Å²) in [4.78, 5) is 33.6. The van der Waals surface area contributed by atoms with Gasteiger partial charge < -0.3 is 19.9 Å². The minimum absolute atomic E-state index is 0.303. The second-order valence-corrected chi connectivity index (χ2v) is 11.4. The third-order valence-corrected chi connectivity index (χ3v) is 7.64. The smallest absolute Gasteiger partial charge is 0.416 e. The summed E-state index contributed by atoms with van der Waals surface area (Å²) < 4.78 is 14.0. The van der Waals surface area contributed by atoms with Gasteiger partial charge in [0.1, 0.15) is 6.04 Å². The highest BCUT2D eigenvalue weighted by Gasteiger charge is 2.13. The number of ether oxygens (including phenoxy) is 3. The lowest BCUT2D eigenvalue weighted by Gasteiger charge is -2.16. The quantitative estimate of drug-likeness (QED) is 0.0775. The summed E-state index contributed by atoms with van der Waals surface area (Å²) >= 11 is 1.66. The molecule has 0 aliphatic heterocycles. The maximum Gasteiger partial charge on any atom is 0.416 e. The van der Waals surface area contributed by atoms with Crippen LogP contribution in [-0.2, 0) is 19.0 Å². The summed E-state index contributed by atoms with van der Waals surface area (Å²) in [6, 6.07) is -0.543. The molecule has 0 bridgehead atoms. The van der Waals surface area contributed by atoms with Crippen LogP contribution in [0.2, 0.25) is 0 Å². The highest BCUT2D eigenvalue weighted by molar-refractivity contribution is 7.99. The van der Waals surface area contributed by atoms with Crippen LogP contribution in [0.25, 0.3) is 0 Å². The Balaban J connectivity index is 3.77. The number of hydrogen-bond donors (Lipinski definition) is 2. The van der Waals surface area contributed by atoms with E-state index in [0.29, 0.717) is 18.3 Å². The zero-order valence-electron chi connectivity index (χ0n) is 24.0. The second-order valence-electron chi connectivity index (χ2n) is 10.3. The lowest BCUT2D eigenvalue weighted by molar-refractivity contribution is -0.141. The number of carbonyl (C=O) groups is 3. The maximum atomic E-state index is 11.4. The number of methoxy groups -OCH3 is 2. The monoisotopic (exact) mass is 544 g/mol. The fourth-order valence-electron chi connectivity index (χ4n) is 4.03. The van der Waals surface area contributed by atoms with Gasteiger partial charge in [-0.25, -0.2) is 14.9 Å². The molecule has 4 unspecified atom stereocenters. The van der Waals surface area contributed by atoms with Gasteiger partial charge in [0, 0.05) is 11.5 Å². The minimum atomic E-state index is -0.809. The number of carbonyl (C=O) groups excluding carboxylic acids is 3. The van der Waals surface area contributed by atoms with Crippen LogP contribution in [0.3, 0.4) is 0 Å². The molecular formula is C28H52N2O6S. The molecular weight excluding hydrogens is 492 g/mol. The summed E-state index contributed by atoms with van der Waals surface area (Å²) in [5.41, 5.74) is 7.16. The molecule has 9 heteroatoms. The van der Waals surface area contributed by atoms with E-state index in [1.807, 2.05) is 5.32 Å². The van der Waals surface area contributed by atoms with Gasteiger partial charge in [-0.1, -0.05) is 77.4 Å². The van der Waals surface area contributed by atoms with Crippen molar-refractivity contribution in [2.24, 2.45) is 23.5 Å². The molecule has 8 nitrogen and oxygen atoms in total. The number of alkyl carbamates (subject to hydrolysis) is 2. The molecule has 0 aliphatic carbocycles. The average Bonchev–Trinajstić information content (AvgIpc) is 2.85. The average molecular weight is 545 g/mol. The molecule has 3 N–H and O–H groups in total. The summed E-state index contributed by atoms with van der Waals surface area (Å²) in [7, 11) is 2.57. The molecule has 0 fully saturated rings. The van der Waals surface area contributed by atoms with Crippen molar-refractivity contribution in [1.82, 2.24) is 5.32 Å². The van der Waals surface area contributed by atoms with Crippen LogP contribution in [0.15, 0.2) is 11.6 Å². The Morgan fingerprint density at radius 3 is 1.92 bits per heavy atom. The van der Waals surface area contributed by atoms with Gasteiger partial charge in [0.15, 0.2) is 0 Å². The van der Waals surface area contributed by atoms with Crippen LogP contribution >= 0.6 is 11.8 Å². The Hall–Kier alpha value is -1.74. The van der Waals surface area contributed by atoms with Crippen molar-refractivity contribution in [1.29, 1.82) is 0 Å². The van der Waals surface area contributed by atoms with Crippen molar-refractivity contribution in [3.05, 3.63) is 11.6 Å². The van der Waals surface area contributed by atoms with Gasteiger partial charge in [-0.15, -0.1) is 0 Å². The standard InChI is InChI=1S/C28H52N2O6S/c1-21(12-8-14-23(3)16-18-36-28(33)30-27(32)35-6)10-7-11-22(2)13-9-15-24(4)17-19-37-20-25(29)26(31)34-5/h17,21-23,25H,7-16,18-20,29H2,1-6H3,(H,30,32,33)/b24-17+. The van der Waals surface area contributed by atoms with E-state index in [0.717, 1.165) is 36.9 Å². The van der Waals surface area contributed by atoms with Crippen molar-refractivity contribution in [3.8, 4) is 0 Å². The number of nitrogens with two attached hydrogens (primary N) is 1. The van der Waals surface area contributed by atoms with Crippen LogP contribution in [0.4, 0.5) is 9.59 Å². The SMILES string of the molecule is COC(=O)NC(=O)OCCC(C)CCCC(C)CCCC(C)CCC/C(C)=C/CSCC(N)C(=O)OC. The van der Waals surface area contributed by atoms with Gasteiger partial charge in [-0.2, -0.15) is 11.8 Å². The van der Waals surface area contributed by atoms with E-state index in [9.17, 15) is 14.4 Å². The van der Waals surface area contributed by atoms with Crippen LogP contribution in [0.1, 0.15) is 91.9 Å². The van der Waals surface area contributed by atoms with Crippen molar-refractivity contribution in [2.75, 3.05) is 32.3 Å². The number of thioether (sulfide) groups is 1. The lowest BCUT2D eigenvalue weighted by Crippen LogP contribution is -2.33. The fourth-order valence-corrected chi connectivity index (χ4v) is 4.96. The molecule has 0 radical (unpaired) electrons. The molecule has 37 heavy (non-hydrogen) atoms. The number of rotatable bonds is 20. The van der Waals surface area contributed by atoms with Gasteiger partial charge in [-0.05, 0) is 43.9 Å². The van der Waals surface area contributed by atoms with Gasteiger partial charge >= 0.3 is 18.2 Å². The Labute approximate surface area is 229 Å². The van der Waals surface area contributed by atoms with E-state index < -0.39 is 18.2 Å². The summed E-state index contributed by atoms with van der Waals surface area (Å²) in [5.74, 6) is 3.08. The van der Waals surface area contributed by atoms with Crippen LogP contribution in [-0.4, -0.2) is 56.5 Å². The number of hydrogen-bond acceptors (Lipinski definition) is 8. The molecule has 0 spiro atoms. The molecule has 216 valence electrons. The first-order chi connectivity index (χ1) is 17.6. The predicted molar refractivity (Wildman–Crippen MR) is 152 cm³/mol. The molecule has 0 saturated carbocycles. The maximum absolute atomic E-state index is 11.4. The molecule has 0 saturated heterocycles. The highest BCUT2D eigenvalue weighted by atomic mass is 32.2. The van der Waals surface area contributed by atoms with Crippen molar-refractivity contribution < 1.29 is 28.6 Å². The fraction of sp³-hybridized carbons (Fsp3) is 0.821. The van der Waals surface area contributed by atoms with E-state index in [2.05, 4.69) is 43.2 Å². The Bertz CT molecular complexity index is 673. The van der Waals surface area contributed by atoms with E-state index >= 15 is 0 Å². The first-order valence-corrected chi connectivity index (χ1v) is 14.8. The molecule has 0 rings (SSSR count). The van der Waals surface area contributed by atoms with Crippen molar-refractivity contribution >= 4 is 29.9 Å². The lowest BCUT2D eigenvalue weighted by atomic mass is 9.91. The summed E-state index contributed by atoms with van der Waals surface area (Å²) in [6.45, 7) is 9.37. The molecule has 4 atom stereocenters. The van der Waals surface area contributed by atoms with Crippen molar-refractivity contribution in [3.63, 3.8) is 0 Å². The predicted octanol–water partition coefficient (Wildman–Crippen LogP) is 6.47. The van der Waals surface area contributed by atoms with Gasteiger partial charge in [-0.3, -0.25) is 4.79 Å². The Morgan fingerprint density at radius 1 is 0.838 bits per heavy atom. The molecule has 0 aromatic heterocycles. The molecule has 0 heterocycles. The number of imide groups is 1. The molecule has 2 amide bonds. The van der Waals surface area contributed by atoms with Crippen LogP contribution in [0.5, 0.6) is 0 Å². The van der Waals surface area contributed by atoms with Crippen LogP contribution < -0.4 is 11.1 Å². The zero-order valence-corrected chi connectivity index (χ0v) is 24.8. The summed E-state index contributed by atoms with van der Waals surface area (Å²) in [5, 5.41) is 1.98. The molecule has 0 aromatic carbocycles. The topological polar surface area (TPSA) is 117 Å². The summed E-state index contributed by atoms with van der Waals surface area (Å²) in [6.07, 6.45) is 12.5. The second kappa shape index (κ2) is 22.3. The van der Waals surface area contributed by atoms with Gasteiger partial charge in [0.2, 0.25) is 0 Å². The van der Waals surface area contributed by atoms with Crippen molar-refractivity contribution in [2.45, 2.75) is 97.9 Å². The van der Waals surface area contributed by atoms with E-state index in [1.165, 1.54) is 64.7 Å². The van der Waals surface area contributed by atoms with Gasteiger partial charge in [0.05, 0.1) is 20.8 Å². The third kappa shape index (κ3) is 20.9. The molecule has 0 aromatic rings. The van der Waals surface area contributed by atoms with E-state index in [-0.39, 0.29) is 5.97 Å². The molecule has 0 aliphatic rings. The largest absolute Gasteiger partial charge is 0.468 e. The number of nitrogens with one attached hydrogen (secondary N) is 1. The Kier molecular flexibility index (Phi) is 21.2.